The highest BCUT2D eigenvalue weighted by Gasteiger charge is 2.24. The molecule has 0 aromatic rings. The second-order valence-electron chi connectivity index (χ2n) is 3.33. The zero-order chi connectivity index (χ0) is 11.8. The van der Waals surface area contributed by atoms with Crippen LogP contribution < -0.4 is 5.73 Å². The largest absolute Gasteiger partial charge is 0.330 e. The molecule has 0 fully saturated rings. The Balaban J connectivity index is 4.39. The maximum Gasteiger partial charge on any atom is 0.226 e. The molecule has 5 nitrogen and oxygen atoms in total. The molecule has 15 heavy (non-hydrogen) atoms. The number of hydrogen-bond acceptors (Lipinski definition) is 4. The summed E-state index contributed by atoms with van der Waals surface area (Å²) >= 11 is 0. The lowest BCUT2D eigenvalue weighted by Gasteiger charge is -2.22. The molecule has 0 saturated carbocycles. The van der Waals surface area contributed by atoms with Crippen LogP contribution in [0.4, 0.5) is 0 Å². The number of carbonyl (C=O) groups is 2. The third kappa shape index (κ3) is 4.69. The molecule has 0 heterocycles. The molecule has 0 aliphatic rings. The van der Waals surface area contributed by atoms with Gasteiger partial charge in [0.15, 0.2) is 0 Å². The molecule has 0 aromatic heterocycles. The molecular formula is C10H17N2O3. The number of unbranched alkanes of at least 4 members (excludes halogenated alkanes) is 1. The van der Waals surface area contributed by atoms with Crippen LogP contribution in [0, 0.1) is 0 Å². The number of nitrogens with zero attached hydrogens (tertiary/aromatic N) is 1. The minimum atomic E-state index is -0.772. The van der Waals surface area contributed by atoms with Gasteiger partial charge in [0.05, 0.1) is 0 Å². The van der Waals surface area contributed by atoms with E-state index < -0.39 is 17.9 Å². The molecule has 0 bridgehead atoms. The summed E-state index contributed by atoms with van der Waals surface area (Å²) in [5, 5.41) is 0. The maximum atomic E-state index is 11.1. The molecule has 0 aliphatic carbocycles. The number of rotatable bonds is 6. The summed E-state index contributed by atoms with van der Waals surface area (Å²) < 4.78 is 0. The Labute approximate surface area is 89.6 Å². The van der Waals surface area contributed by atoms with E-state index in [1.165, 1.54) is 13.8 Å². The smallest absolute Gasteiger partial charge is 0.226 e. The van der Waals surface area contributed by atoms with Crippen molar-refractivity contribution in [2.75, 3.05) is 6.54 Å². The van der Waals surface area contributed by atoms with Crippen molar-refractivity contribution in [3.05, 3.63) is 0 Å². The fourth-order valence-electron chi connectivity index (χ4n) is 1.38. The van der Waals surface area contributed by atoms with Crippen LogP contribution >= 0.6 is 0 Å². The second kappa shape index (κ2) is 7.11. The predicted octanol–water partition coefficient (Wildman–Crippen LogP) is -0.0113. The minimum Gasteiger partial charge on any atom is -0.330 e. The van der Waals surface area contributed by atoms with E-state index in [0.717, 1.165) is 11.3 Å². The molecule has 2 N–H and O–H groups in total. The predicted molar refractivity (Wildman–Crippen MR) is 55.6 cm³/mol. The lowest BCUT2D eigenvalue weighted by Crippen LogP contribution is -2.43. The van der Waals surface area contributed by atoms with Crippen molar-refractivity contribution in [2.24, 2.45) is 5.73 Å². The van der Waals surface area contributed by atoms with E-state index in [1.807, 2.05) is 0 Å². The first-order valence-electron chi connectivity index (χ1n) is 4.92. The van der Waals surface area contributed by atoms with Crippen LogP contribution in [0.5, 0.6) is 0 Å². The second-order valence-corrected chi connectivity index (χ2v) is 3.33. The van der Waals surface area contributed by atoms with Gasteiger partial charge in [0, 0.05) is 13.8 Å². The molecular weight excluding hydrogens is 196 g/mol. The number of carbonyl (C=O) groups excluding carboxylic acids is 3. The third-order valence-electron chi connectivity index (χ3n) is 2.06. The minimum absolute atomic E-state index is 0.427. The van der Waals surface area contributed by atoms with Gasteiger partial charge in [-0.25, -0.2) is 0 Å². The van der Waals surface area contributed by atoms with Gasteiger partial charge in [0.1, 0.15) is 6.04 Å². The first kappa shape index (κ1) is 13.8. The molecule has 5 heteroatoms. The Bertz CT molecular complexity index is 227. The topological polar surface area (TPSA) is 80.5 Å². The van der Waals surface area contributed by atoms with Crippen LogP contribution in [0.1, 0.15) is 33.1 Å². The van der Waals surface area contributed by atoms with Gasteiger partial charge in [-0.3, -0.25) is 19.3 Å². The first-order chi connectivity index (χ1) is 7.04. The Morgan fingerprint density at radius 2 is 1.80 bits per heavy atom. The lowest BCUT2D eigenvalue weighted by molar-refractivity contribution is -0.143. The van der Waals surface area contributed by atoms with Gasteiger partial charge in [0.25, 0.3) is 0 Å². The van der Waals surface area contributed by atoms with Gasteiger partial charge in [-0.2, -0.15) is 0 Å². The standard InChI is InChI=1S/C10H17N2O3/c1-8(14)12(9(2)15)10(7-13)5-3-4-6-11/h10H,3-6,11H2,1-2H3/t10-/m0/s1. The summed E-state index contributed by atoms with van der Waals surface area (Å²) in [7, 11) is 0. The fraction of sp³-hybridized carbons (Fsp3) is 0.700. The quantitative estimate of drug-likeness (QED) is 0.629. The number of nitrogens with two attached hydrogens (primary N) is 1. The van der Waals surface area contributed by atoms with Crippen molar-refractivity contribution in [2.45, 2.75) is 39.2 Å². The van der Waals surface area contributed by atoms with Gasteiger partial charge in [0.2, 0.25) is 18.1 Å². The van der Waals surface area contributed by atoms with Crippen molar-refractivity contribution < 1.29 is 14.4 Å². The van der Waals surface area contributed by atoms with E-state index in [0.29, 0.717) is 19.4 Å². The van der Waals surface area contributed by atoms with Crippen molar-refractivity contribution in [3.63, 3.8) is 0 Å². The SMILES string of the molecule is CC(=O)N(C(C)=O)[C@H]([C]=O)CCCCN. The summed E-state index contributed by atoms with van der Waals surface area (Å²) in [6.45, 7) is 3.05. The maximum absolute atomic E-state index is 11.1. The van der Waals surface area contributed by atoms with E-state index in [4.69, 9.17) is 5.73 Å². The highest BCUT2D eigenvalue weighted by atomic mass is 16.2. The number of hydrogen-bond donors (Lipinski definition) is 1. The zero-order valence-electron chi connectivity index (χ0n) is 9.16. The molecule has 0 spiro atoms. The molecule has 0 aliphatic heterocycles. The Morgan fingerprint density at radius 3 is 2.13 bits per heavy atom. The number of imide groups is 1. The van der Waals surface area contributed by atoms with Crippen molar-refractivity contribution in [1.82, 2.24) is 4.90 Å². The zero-order valence-corrected chi connectivity index (χ0v) is 9.16. The molecule has 1 radical (unpaired) electrons. The first-order valence-corrected chi connectivity index (χ1v) is 4.92. The van der Waals surface area contributed by atoms with Crippen molar-refractivity contribution in [1.29, 1.82) is 0 Å². The van der Waals surface area contributed by atoms with Gasteiger partial charge in [-0.15, -0.1) is 0 Å². The summed E-state index contributed by atoms with van der Waals surface area (Å²) in [6, 6.07) is -0.772. The summed E-state index contributed by atoms with van der Waals surface area (Å²) in [5.41, 5.74) is 5.31. The van der Waals surface area contributed by atoms with Crippen molar-refractivity contribution in [3.8, 4) is 0 Å². The molecule has 0 unspecified atom stereocenters. The molecule has 0 rings (SSSR count). The Kier molecular flexibility index (Phi) is 6.53. The average Bonchev–Trinajstić information content (AvgIpc) is 2.15. The van der Waals surface area contributed by atoms with Crippen molar-refractivity contribution >= 4 is 18.1 Å². The Morgan fingerprint density at radius 1 is 1.27 bits per heavy atom. The third-order valence-corrected chi connectivity index (χ3v) is 2.06. The summed E-state index contributed by atoms with van der Waals surface area (Å²) in [5.74, 6) is -0.854. The van der Waals surface area contributed by atoms with Gasteiger partial charge in [-0.1, -0.05) is 0 Å². The Hall–Kier alpha value is -1.23. The molecule has 0 saturated heterocycles. The molecule has 85 valence electrons. The van der Waals surface area contributed by atoms with E-state index >= 15 is 0 Å². The highest BCUT2D eigenvalue weighted by molar-refractivity contribution is 5.95. The number of amides is 2. The fourth-order valence-corrected chi connectivity index (χ4v) is 1.38. The van der Waals surface area contributed by atoms with Crippen LogP contribution in [-0.4, -0.2) is 35.6 Å². The highest BCUT2D eigenvalue weighted by Crippen LogP contribution is 2.07. The van der Waals surface area contributed by atoms with Crippen LogP contribution in [0.25, 0.3) is 0 Å². The summed E-state index contributed by atoms with van der Waals surface area (Å²) in [6.07, 6.45) is 3.62. The molecule has 2 amide bonds. The molecule has 0 aromatic carbocycles. The average molecular weight is 213 g/mol. The van der Waals surface area contributed by atoms with Crippen LogP contribution in [0.3, 0.4) is 0 Å². The van der Waals surface area contributed by atoms with E-state index in [9.17, 15) is 14.4 Å². The van der Waals surface area contributed by atoms with Crippen LogP contribution in [0.2, 0.25) is 0 Å². The van der Waals surface area contributed by atoms with Gasteiger partial charge >= 0.3 is 0 Å². The van der Waals surface area contributed by atoms with E-state index in [-0.39, 0.29) is 0 Å². The van der Waals surface area contributed by atoms with Gasteiger partial charge in [-0.05, 0) is 25.8 Å². The summed E-state index contributed by atoms with van der Waals surface area (Å²) in [4.78, 5) is 33.8. The normalized spacial score (nSPS) is 11.9. The van der Waals surface area contributed by atoms with Crippen LogP contribution in [-0.2, 0) is 14.4 Å². The monoisotopic (exact) mass is 213 g/mol. The van der Waals surface area contributed by atoms with Crippen LogP contribution in [0.15, 0.2) is 0 Å². The van der Waals surface area contributed by atoms with E-state index in [1.54, 1.807) is 6.29 Å². The van der Waals surface area contributed by atoms with Gasteiger partial charge < -0.3 is 5.73 Å². The van der Waals surface area contributed by atoms with E-state index in [2.05, 4.69) is 0 Å². The molecule has 1 atom stereocenters. The lowest BCUT2D eigenvalue weighted by atomic mass is 10.1.